The molecule has 110 valence electrons. The van der Waals surface area contributed by atoms with Crippen LogP contribution in [-0.2, 0) is 10.5 Å². The van der Waals surface area contributed by atoms with E-state index in [-0.39, 0.29) is 0 Å². The van der Waals surface area contributed by atoms with Crippen molar-refractivity contribution in [2.75, 3.05) is 31.2 Å². The molecule has 6 heteroatoms. The molecular formula is C15H16ClN3OS. The Balaban J connectivity index is 1.71. The highest BCUT2D eigenvalue weighted by Crippen LogP contribution is 2.24. The van der Waals surface area contributed by atoms with Gasteiger partial charge in [-0.05, 0) is 23.7 Å². The van der Waals surface area contributed by atoms with Crippen LogP contribution in [0, 0.1) is 0 Å². The summed E-state index contributed by atoms with van der Waals surface area (Å²) in [6.07, 6.45) is 0. The maximum Gasteiger partial charge on any atom is 0.224 e. The van der Waals surface area contributed by atoms with Crippen LogP contribution in [0.2, 0.25) is 5.28 Å². The summed E-state index contributed by atoms with van der Waals surface area (Å²) in [5, 5.41) is 0.308. The fourth-order valence-corrected chi connectivity index (χ4v) is 3.16. The quantitative estimate of drug-likeness (QED) is 0.638. The van der Waals surface area contributed by atoms with Crippen LogP contribution in [0.3, 0.4) is 0 Å². The Morgan fingerprint density at radius 3 is 2.67 bits per heavy atom. The van der Waals surface area contributed by atoms with Crippen molar-refractivity contribution in [3.05, 3.63) is 47.4 Å². The summed E-state index contributed by atoms with van der Waals surface area (Å²) in [6.45, 7) is 3.16. The summed E-state index contributed by atoms with van der Waals surface area (Å²) in [5.74, 6) is 1.67. The maximum absolute atomic E-state index is 6.06. The molecular weight excluding hydrogens is 306 g/mol. The summed E-state index contributed by atoms with van der Waals surface area (Å²) in [5.41, 5.74) is 0.949. The first-order chi connectivity index (χ1) is 10.3. The summed E-state index contributed by atoms with van der Waals surface area (Å²) in [4.78, 5) is 12.1. The largest absolute Gasteiger partial charge is 0.378 e. The smallest absolute Gasteiger partial charge is 0.224 e. The number of nitrogens with zero attached hydrogens (tertiary/aromatic N) is 3. The second-order valence-electron chi connectivity index (χ2n) is 4.69. The number of anilines is 1. The number of hydrogen-bond donors (Lipinski definition) is 0. The van der Waals surface area contributed by atoms with Crippen molar-refractivity contribution in [1.29, 1.82) is 0 Å². The van der Waals surface area contributed by atoms with Crippen LogP contribution >= 0.6 is 23.4 Å². The van der Waals surface area contributed by atoms with Gasteiger partial charge in [0.25, 0.3) is 0 Å². The van der Waals surface area contributed by atoms with Crippen molar-refractivity contribution in [3.63, 3.8) is 0 Å². The number of morpholine rings is 1. The molecule has 2 heterocycles. The van der Waals surface area contributed by atoms with Gasteiger partial charge in [-0.2, -0.15) is 0 Å². The number of rotatable bonds is 4. The molecule has 1 fully saturated rings. The van der Waals surface area contributed by atoms with E-state index in [9.17, 15) is 0 Å². The second-order valence-corrected chi connectivity index (χ2v) is 6.07. The van der Waals surface area contributed by atoms with Crippen LogP contribution in [0.25, 0.3) is 0 Å². The zero-order valence-corrected chi connectivity index (χ0v) is 13.1. The Labute approximate surface area is 133 Å². The lowest BCUT2D eigenvalue weighted by Crippen LogP contribution is -2.36. The highest BCUT2D eigenvalue weighted by molar-refractivity contribution is 7.98. The monoisotopic (exact) mass is 321 g/mol. The third-order valence-corrected chi connectivity index (χ3v) is 4.42. The van der Waals surface area contributed by atoms with Gasteiger partial charge >= 0.3 is 0 Å². The summed E-state index contributed by atoms with van der Waals surface area (Å²) in [7, 11) is 0. The second kappa shape index (κ2) is 7.11. The molecule has 1 aliphatic heterocycles. The SMILES string of the molecule is Clc1nc(CSc2ccccc2)cc(N2CCOCC2)n1. The molecule has 2 aromatic rings. The van der Waals surface area contributed by atoms with E-state index in [0.29, 0.717) is 5.28 Å². The van der Waals surface area contributed by atoms with Crippen LogP contribution in [0.15, 0.2) is 41.3 Å². The molecule has 3 rings (SSSR count). The summed E-state index contributed by atoms with van der Waals surface area (Å²) in [6, 6.07) is 12.3. The molecule has 1 aromatic carbocycles. The van der Waals surface area contributed by atoms with Gasteiger partial charge in [-0.3, -0.25) is 0 Å². The van der Waals surface area contributed by atoms with E-state index in [1.807, 2.05) is 24.3 Å². The Bertz CT molecular complexity index is 591. The normalized spacial score (nSPS) is 15.2. The van der Waals surface area contributed by atoms with Crippen LogP contribution in [0.1, 0.15) is 5.69 Å². The van der Waals surface area contributed by atoms with Gasteiger partial charge < -0.3 is 9.64 Å². The van der Waals surface area contributed by atoms with Gasteiger partial charge in [0.15, 0.2) is 0 Å². The van der Waals surface area contributed by atoms with Gasteiger partial charge in [0, 0.05) is 29.8 Å². The van der Waals surface area contributed by atoms with E-state index >= 15 is 0 Å². The number of thioether (sulfide) groups is 1. The van der Waals surface area contributed by atoms with Crippen molar-refractivity contribution in [3.8, 4) is 0 Å². The lowest BCUT2D eigenvalue weighted by Gasteiger charge is -2.28. The van der Waals surface area contributed by atoms with Gasteiger partial charge in [-0.15, -0.1) is 11.8 Å². The van der Waals surface area contributed by atoms with E-state index in [2.05, 4.69) is 27.0 Å². The van der Waals surface area contributed by atoms with Crippen molar-refractivity contribution in [1.82, 2.24) is 9.97 Å². The van der Waals surface area contributed by atoms with Crippen LogP contribution in [0.4, 0.5) is 5.82 Å². The molecule has 0 aliphatic carbocycles. The molecule has 0 saturated carbocycles. The summed E-state index contributed by atoms with van der Waals surface area (Å²) < 4.78 is 5.36. The molecule has 1 aliphatic rings. The minimum absolute atomic E-state index is 0.308. The maximum atomic E-state index is 6.06. The third kappa shape index (κ3) is 4.09. The zero-order chi connectivity index (χ0) is 14.5. The molecule has 0 spiro atoms. The van der Waals surface area contributed by atoms with Gasteiger partial charge in [-0.1, -0.05) is 18.2 Å². The number of ether oxygens (including phenoxy) is 1. The Hall–Kier alpha value is -1.30. The van der Waals surface area contributed by atoms with E-state index in [0.717, 1.165) is 43.6 Å². The lowest BCUT2D eigenvalue weighted by molar-refractivity contribution is 0.122. The first kappa shape index (κ1) is 14.6. The Morgan fingerprint density at radius 2 is 1.90 bits per heavy atom. The Morgan fingerprint density at radius 1 is 1.14 bits per heavy atom. The minimum atomic E-state index is 0.308. The number of benzene rings is 1. The van der Waals surface area contributed by atoms with Crippen LogP contribution in [-0.4, -0.2) is 36.3 Å². The van der Waals surface area contributed by atoms with E-state index < -0.39 is 0 Å². The topological polar surface area (TPSA) is 38.2 Å². The number of hydrogen-bond acceptors (Lipinski definition) is 5. The number of halogens is 1. The standard InChI is InChI=1S/C15H16ClN3OS/c16-15-17-12(11-21-13-4-2-1-3-5-13)10-14(18-15)19-6-8-20-9-7-19/h1-5,10H,6-9,11H2. The van der Waals surface area contributed by atoms with Gasteiger partial charge in [-0.25, -0.2) is 9.97 Å². The van der Waals surface area contributed by atoms with Gasteiger partial charge in [0.05, 0.1) is 18.9 Å². The average molecular weight is 322 g/mol. The molecule has 0 radical (unpaired) electrons. The average Bonchev–Trinajstić information content (AvgIpc) is 2.54. The third-order valence-electron chi connectivity index (χ3n) is 3.20. The fraction of sp³-hybridized carbons (Fsp3) is 0.333. The first-order valence-corrected chi connectivity index (χ1v) is 8.21. The predicted octanol–water partition coefficient (Wildman–Crippen LogP) is 3.26. The van der Waals surface area contributed by atoms with Crippen molar-refractivity contribution < 1.29 is 4.74 Å². The molecule has 21 heavy (non-hydrogen) atoms. The summed E-state index contributed by atoms with van der Waals surface area (Å²) >= 11 is 7.81. The Kier molecular flexibility index (Phi) is 4.95. The minimum Gasteiger partial charge on any atom is -0.378 e. The lowest BCUT2D eigenvalue weighted by atomic mass is 10.3. The van der Waals surface area contributed by atoms with Crippen molar-refractivity contribution in [2.24, 2.45) is 0 Å². The van der Waals surface area contributed by atoms with Crippen molar-refractivity contribution >= 4 is 29.2 Å². The highest BCUT2D eigenvalue weighted by Gasteiger charge is 2.14. The molecule has 0 bridgehead atoms. The van der Waals surface area contributed by atoms with Gasteiger partial charge in [0.2, 0.25) is 5.28 Å². The number of aromatic nitrogens is 2. The van der Waals surface area contributed by atoms with Crippen molar-refractivity contribution in [2.45, 2.75) is 10.6 Å². The molecule has 0 unspecified atom stereocenters. The molecule has 0 atom stereocenters. The fourth-order valence-electron chi connectivity index (χ4n) is 2.15. The van der Waals surface area contributed by atoms with E-state index in [4.69, 9.17) is 16.3 Å². The molecule has 1 aromatic heterocycles. The van der Waals surface area contributed by atoms with E-state index in [1.54, 1.807) is 11.8 Å². The van der Waals surface area contributed by atoms with Gasteiger partial charge in [0.1, 0.15) is 5.82 Å². The van der Waals surface area contributed by atoms with E-state index in [1.165, 1.54) is 4.90 Å². The zero-order valence-electron chi connectivity index (χ0n) is 11.5. The van der Waals surface area contributed by atoms with Crippen LogP contribution < -0.4 is 4.90 Å². The molecule has 4 nitrogen and oxygen atoms in total. The molecule has 0 N–H and O–H groups in total. The highest BCUT2D eigenvalue weighted by atomic mass is 35.5. The molecule has 1 saturated heterocycles. The van der Waals surface area contributed by atoms with Crippen LogP contribution in [0.5, 0.6) is 0 Å². The first-order valence-electron chi connectivity index (χ1n) is 6.85. The predicted molar refractivity (Wildman–Crippen MR) is 86.1 cm³/mol. The molecule has 0 amide bonds.